The van der Waals surface area contributed by atoms with Crippen molar-refractivity contribution in [1.82, 2.24) is 14.8 Å². The molecule has 0 aliphatic heterocycles. The SMILES string of the molecule is CCOC(=O)c1c(NC(=O)CSc2nnc(-c3csc(CC)c3)n2CC)sc2c1CCCC2. The number of anilines is 1. The summed E-state index contributed by atoms with van der Waals surface area (Å²) in [5.41, 5.74) is 2.65. The lowest BCUT2D eigenvalue weighted by Crippen LogP contribution is -2.17. The molecule has 1 N–H and O–H groups in total. The molecule has 33 heavy (non-hydrogen) atoms. The van der Waals surface area contributed by atoms with Crippen LogP contribution >= 0.6 is 34.4 Å². The van der Waals surface area contributed by atoms with Crippen molar-refractivity contribution < 1.29 is 14.3 Å². The van der Waals surface area contributed by atoms with Gasteiger partial charge in [0.05, 0.1) is 17.9 Å². The van der Waals surface area contributed by atoms with Gasteiger partial charge in [-0.1, -0.05) is 18.7 Å². The van der Waals surface area contributed by atoms with Crippen LogP contribution < -0.4 is 5.32 Å². The Balaban J connectivity index is 1.47. The molecule has 10 heteroatoms. The molecule has 0 atom stereocenters. The predicted octanol–water partition coefficient (Wildman–Crippen LogP) is 5.44. The van der Waals surface area contributed by atoms with Gasteiger partial charge in [0.15, 0.2) is 11.0 Å². The zero-order valence-corrected chi connectivity index (χ0v) is 21.6. The first-order valence-electron chi connectivity index (χ1n) is 11.3. The number of esters is 1. The first-order chi connectivity index (χ1) is 16.0. The van der Waals surface area contributed by atoms with Crippen molar-refractivity contribution >= 4 is 51.3 Å². The molecule has 3 aromatic rings. The molecule has 0 saturated carbocycles. The summed E-state index contributed by atoms with van der Waals surface area (Å²) in [5.74, 6) is 0.497. The van der Waals surface area contributed by atoms with Crippen LogP contribution in [0.5, 0.6) is 0 Å². The van der Waals surface area contributed by atoms with Crippen LogP contribution in [-0.2, 0) is 35.3 Å². The van der Waals surface area contributed by atoms with Crippen molar-refractivity contribution in [1.29, 1.82) is 0 Å². The van der Waals surface area contributed by atoms with Gasteiger partial charge in [0, 0.05) is 27.2 Å². The van der Waals surface area contributed by atoms with Gasteiger partial charge < -0.3 is 14.6 Å². The molecule has 7 nitrogen and oxygen atoms in total. The predicted molar refractivity (Wildman–Crippen MR) is 135 cm³/mol. The smallest absolute Gasteiger partial charge is 0.341 e. The van der Waals surface area contributed by atoms with Gasteiger partial charge in [0.25, 0.3) is 0 Å². The third-order valence-corrected chi connectivity index (χ3v) is 8.78. The number of thioether (sulfide) groups is 1. The standard InChI is InChI=1S/C23H28N4O3S3/c1-4-15-11-14(12-31-15)20-25-26-23(27(20)5-2)32-13-18(28)24-21-19(22(29)30-6-3)16-9-7-8-10-17(16)33-21/h11-12H,4-10,13H2,1-3H3,(H,24,28). The minimum atomic E-state index is -0.350. The highest BCUT2D eigenvalue weighted by Crippen LogP contribution is 2.39. The molecule has 1 aliphatic carbocycles. The molecule has 4 rings (SSSR count). The van der Waals surface area contributed by atoms with Gasteiger partial charge in [0.2, 0.25) is 5.91 Å². The Morgan fingerprint density at radius 1 is 1.21 bits per heavy atom. The minimum Gasteiger partial charge on any atom is -0.462 e. The van der Waals surface area contributed by atoms with Crippen LogP contribution in [0.3, 0.4) is 0 Å². The second-order valence-corrected chi connectivity index (χ2v) is 10.7. The van der Waals surface area contributed by atoms with E-state index >= 15 is 0 Å². The average Bonchev–Trinajstić information content (AvgIpc) is 3.53. The topological polar surface area (TPSA) is 86.1 Å². The molecular weight excluding hydrogens is 476 g/mol. The fourth-order valence-corrected chi connectivity index (χ4v) is 6.85. The average molecular weight is 505 g/mol. The third kappa shape index (κ3) is 5.17. The summed E-state index contributed by atoms with van der Waals surface area (Å²) in [6, 6.07) is 2.15. The molecule has 0 spiro atoms. The fourth-order valence-electron chi connectivity index (χ4n) is 3.94. The van der Waals surface area contributed by atoms with Crippen LogP contribution in [0.4, 0.5) is 5.00 Å². The summed E-state index contributed by atoms with van der Waals surface area (Å²) in [5, 5.41) is 15.1. The fraction of sp³-hybridized carbons (Fsp3) is 0.478. The molecule has 0 saturated heterocycles. The lowest BCUT2D eigenvalue weighted by Gasteiger charge is -2.12. The van der Waals surface area contributed by atoms with Gasteiger partial charge in [-0.15, -0.1) is 32.9 Å². The van der Waals surface area contributed by atoms with E-state index in [0.29, 0.717) is 28.9 Å². The first kappa shape index (κ1) is 24.0. The number of thiophene rings is 2. The number of aromatic nitrogens is 3. The molecular formula is C23H28N4O3S3. The number of carbonyl (C=O) groups is 2. The number of rotatable bonds is 9. The van der Waals surface area contributed by atoms with Crippen molar-refractivity contribution in [2.75, 3.05) is 17.7 Å². The summed E-state index contributed by atoms with van der Waals surface area (Å²) in [7, 11) is 0. The Bertz CT molecular complexity index is 1150. The molecule has 0 radical (unpaired) electrons. The van der Waals surface area contributed by atoms with E-state index in [1.165, 1.54) is 32.9 Å². The maximum absolute atomic E-state index is 12.8. The van der Waals surface area contributed by atoms with E-state index in [0.717, 1.165) is 49.1 Å². The van der Waals surface area contributed by atoms with E-state index in [9.17, 15) is 9.59 Å². The van der Waals surface area contributed by atoms with Gasteiger partial charge in [-0.2, -0.15) is 0 Å². The second-order valence-electron chi connectivity index (χ2n) is 7.68. The van der Waals surface area contributed by atoms with Gasteiger partial charge >= 0.3 is 5.97 Å². The molecule has 1 aliphatic rings. The van der Waals surface area contributed by atoms with Gasteiger partial charge in [-0.3, -0.25) is 4.79 Å². The van der Waals surface area contributed by atoms with Crippen molar-refractivity contribution in [2.24, 2.45) is 0 Å². The Labute approximate surface area is 206 Å². The van der Waals surface area contributed by atoms with Crippen molar-refractivity contribution in [3.63, 3.8) is 0 Å². The maximum atomic E-state index is 12.8. The number of amides is 1. The number of carbonyl (C=O) groups excluding carboxylic acids is 2. The van der Waals surface area contributed by atoms with Crippen LogP contribution in [0.1, 0.15) is 59.3 Å². The van der Waals surface area contributed by atoms with Crippen molar-refractivity contribution in [3.8, 4) is 11.4 Å². The Morgan fingerprint density at radius 3 is 2.76 bits per heavy atom. The molecule has 0 bridgehead atoms. The monoisotopic (exact) mass is 504 g/mol. The largest absolute Gasteiger partial charge is 0.462 e. The third-order valence-electron chi connectivity index (χ3n) is 5.53. The molecule has 3 aromatic heterocycles. The van der Waals surface area contributed by atoms with Crippen LogP contribution in [0.2, 0.25) is 0 Å². The summed E-state index contributed by atoms with van der Waals surface area (Å²) in [4.78, 5) is 27.9. The highest BCUT2D eigenvalue weighted by atomic mass is 32.2. The maximum Gasteiger partial charge on any atom is 0.341 e. The molecule has 0 aromatic carbocycles. The number of hydrogen-bond donors (Lipinski definition) is 1. The Morgan fingerprint density at radius 2 is 2.03 bits per heavy atom. The highest BCUT2D eigenvalue weighted by molar-refractivity contribution is 7.99. The molecule has 3 heterocycles. The van der Waals surface area contributed by atoms with E-state index in [2.05, 4.69) is 33.9 Å². The number of fused-ring (bicyclic) bond motifs is 1. The summed E-state index contributed by atoms with van der Waals surface area (Å²) < 4.78 is 7.31. The lowest BCUT2D eigenvalue weighted by molar-refractivity contribution is -0.113. The van der Waals surface area contributed by atoms with Crippen molar-refractivity contribution in [2.45, 2.75) is 64.6 Å². The van der Waals surface area contributed by atoms with Crippen molar-refractivity contribution in [3.05, 3.63) is 32.3 Å². The number of nitrogens with zero attached hydrogens (tertiary/aromatic N) is 3. The summed E-state index contributed by atoms with van der Waals surface area (Å²) in [6.45, 7) is 7.01. The number of aryl methyl sites for hydroxylation is 2. The lowest BCUT2D eigenvalue weighted by atomic mass is 9.95. The molecule has 176 valence electrons. The zero-order chi connectivity index (χ0) is 23.4. The normalized spacial score (nSPS) is 13.1. The molecule has 0 unspecified atom stereocenters. The highest BCUT2D eigenvalue weighted by Gasteiger charge is 2.27. The Hall–Kier alpha value is -2.17. The van der Waals surface area contributed by atoms with Gasteiger partial charge in [-0.05, 0) is 57.6 Å². The zero-order valence-electron chi connectivity index (χ0n) is 19.1. The van der Waals surface area contributed by atoms with E-state index in [-0.39, 0.29) is 17.6 Å². The van der Waals surface area contributed by atoms with E-state index in [1.807, 2.05) is 11.5 Å². The first-order valence-corrected chi connectivity index (χ1v) is 14.0. The number of ether oxygens (including phenoxy) is 1. The van der Waals surface area contributed by atoms with Crippen LogP contribution in [0.25, 0.3) is 11.4 Å². The van der Waals surface area contributed by atoms with Crippen LogP contribution in [-0.4, -0.2) is 39.0 Å². The van der Waals surface area contributed by atoms with Crippen LogP contribution in [0, 0.1) is 0 Å². The molecule has 1 amide bonds. The van der Waals surface area contributed by atoms with Crippen LogP contribution in [0.15, 0.2) is 16.6 Å². The minimum absolute atomic E-state index is 0.167. The molecule has 0 fully saturated rings. The van der Waals surface area contributed by atoms with E-state index < -0.39 is 0 Å². The van der Waals surface area contributed by atoms with E-state index in [4.69, 9.17) is 4.74 Å². The second kappa shape index (κ2) is 10.8. The number of hydrogen-bond acceptors (Lipinski definition) is 8. The summed E-state index contributed by atoms with van der Waals surface area (Å²) >= 11 is 4.58. The van der Waals surface area contributed by atoms with Gasteiger partial charge in [0.1, 0.15) is 5.00 Å². The van der Waals surface area contributed by atoms with E-state index in [1.54, 1.807) is 18.3 Å². The quantitative estimate of drug-likeness (QED) is 0.309. The Kier molecular flexibility index (Phi) is 7.87. The van der Waals surface area contributed by atoms with Gasteiger partial charge in [-0.25, -0.2) is 4.79 Å². The summed E-state index contributed by atoms with van der Waals surface area (Å²) in [6.07, 6.45) is 4.96. The number of nitrogens with one attached hydrogen (secondary N) is 1.